The first-order valence-electron chi connectivity index (χ1n) is 6.22. The molecule has 2 aliphatic rings. The first-order chi connectivity index (χ1) is 7.13. The van der Waals surface area contributed by atoms with Gasteiger partial charge in [0.25, 0.3) is 0 Å². The van der Waals surface area contributed by atoms with Crippen molar-refractivity contribution in [2.75, 3.05) is 20.2 Å². The van der Waals surface area contributed by atoms with E-state index >= 15 is 0 Å². The number of rotatable bonds is 6. The molecule has 0 bridgehead atoms. The summed E-state index contributed by atoms with van der Waals surface area (Å²) in [5.74, 6) is 0. The summed E-state index contributed by atoms with van der Waals surface area (Å²) in [6.45, 7) is 3.34. The molecule has 2 saturated carbocycles. The Hall–Kier alpha value is -0.120. The summed E-state index contributed by atoms with van der Waals surface area (Å²) in [4.78, 5) is 2.41. The van der Waals surface area contributed by atoms with Crippen LogP contribution in [0.4, 0.5) is 0 Å². The van der Waals surface area contributed by atoms with Gasteiger partial charge in [0.2, 0.25) is 0 Å². The second-order valence-corrected chi connectivity index (χ2v) is 5.64. The molecular formula is C12H24N2O. The largest absolute Gasteiger partial charge is 0.394 e. The van der Waals surface area contributed by atoms with Gasteiger partial charge < -0.3 is 15.3 Å². The van der Waals surface area contributed by atoms with E-state index in [0.717, 1.165) is 12.6 Å². The first-order valence-corrected chi connectivity index (χ1v) is 6.22. The molecule has 2 fully saturated rings. The van der Waals surface area contributed by atoms with Crippen LogP contribution in [0.25, 0.3) is 0 Å². The van der Waals surface area contributed by atoms with Crippen molar-refractivity contribution in [1.82, 2.24) is 10.2 Å². The van der Waals surface area contributed by atoms with Crippen LogP contribution in [0, 0.1) is 0 Å². The van der Waals surface area contributed by atoms with Gasteiger partial charge in [-0.25, -0.2) is 0 Å². The lowest BCUT2D eigenvalue weighted by atomic mass is 9.90. The molecule has 0 saturated heterocycles. The molecule has 3 heteroatoms. The molecule has 2 N–H and O–H groups in total. The van der Waals surface area contributed by atoms with E-state index in [1.165, 1.54) is 32.1 Å². The lowest BCUT2D eigenvalue weighted by molar-refractivity contribution is 0.0834. The molecule has 0 aromatic carbocycles. The molecule has 0 spiro atoms. The Morgan fingerprint density at radius 3 is 2.40 bits per heavy atom. The van der Waals surface area contributed by atoms with Crippen molar-refractivity contribution < 1.29 is 5.11 Å². The molecule has 2 rings (SSSR count). The van der Waals surface area contributed by atoms with Gasteiger partial charge in [0.15, 0.2) is 0 Å². The van der Waals surface area contributed by atoms with Gasteiger partial charge in [-0.3, -0.25) is 0 Å². The van der Waals surface area contributed by atoms with Crippen LogP contribution in [-0.2, 0) is 0 Å². The number of nitrogens with zero attached hydrogens (tertiary/aromatic N) is 1. The predicted octanol–water partition coefficient (Wildman–Crippen LogP) is 0.974. The highest BCUT2D eigenvalue weighted by Gasteiger charge is 2.34. The zero-order valence-corrected chi connectivity index (χ0v) is 10.00. The number of aliphatic hydroxyl groups is 1. The minimum Gasteiger partial charge on any atom is -0.394 e. The third kappa shape index (κ3) is 2.92. The number of aliphatic hydroxyl groups excluding tert-OH is 1. The SMILES string of the molecule is CN(CC(C)(CO)NC1CC1)C1CCC1. The van der Waals surface area contributed by atoms with Crippen molar-refractivity contribution in [2.24, 2.45) is 0 Å². The molecule has 1 atom stereocenters. The van der Waals surface area contributed by atoms with Crippen LogP contribution in [0.3, 0.4) is 0 Å². The number of hydrogen-bond donors (Lipinski definition) is 2. The van der Waals surface area contributed by atoms with Crippen molar-refractivity contribution in [3.05, 3.63) is 0 Å². The highest BCUT2D eigenvalue weighted by molar-refractivity contribution is 4.95. The molecule has 0 radical (unpaired) electrons. The summed E-state index contributed by atoms with van der Waals surface area (Å²) < 4.78 is 0. The van der Waals surface area contributed by atoms with E-state index in [1.807, 2.05) is 0 Å². The van der Waals surface area contributed by atoms with E-state index in [0.29, 0.717) is 6.04 Å². The number of likely N-dealkylation sites (N-methyl/N-ethyl adjacent to an activating group) is 1. The van der Waals surface area contributed by atoms with E-state index < -0.39 is 0 Å². The Bertz CT molecular complexity index is 214. The first kappa shape index (κ1) is 11.4. The standard InChI is InChI=1S/C12H24N2O/c1-12(9-15,13-10-6-7-10)8-14(2)11-4-3-5-11/h10-11,13,15H,3-9H2,1-2H3. The van der Waals surface area contributed by atoms with Crippen molar-refractivity contribution >= 4 is 0 Å². The molecule has 3 nitrogen and oxygen atoms in total. The minimum absolute atomic E-state index is 0.106. The van der Waals surface area contributed by atoms with Crippen LogP contribution < -0.4 is 5.32 Å². The van der Waals surface area contributed by atoms with Crippen molar-refractivity contribution in [3.63, 3.8) is 0 Å². The van der Waals surface area contributed by atoms with Gasteiger partial charge in [-0.1, -0.05) is 6.42 Å². The van der Waals surface area contributed by atoms with Gasteiger partial charge in [-0.15, -0.1) is 0 Å². The fourth-order valence-corrected chi connectivity index (χ4v) is 2.37. The van der Waals surface area contributed by atoms with Crippen LogP contribution in [0.1, 0.15) is 39.0 Å². The lowest BCUT2D eigenvalue weighted by Crippen LogP contribution is -2.56. The van der Waals surface area contributed by atoms with E-state index in [2.05, 4.69) is 24.2 Å². The second kappa shape index (κ2) is 4.40. The van der Waals surface area contributed by atoms with E-state index in [-0.39, 0.29) is 12.1 Å². The Labute approximate surface area is 92.8 Å². The lowest BCUT2D eigenvalue weighted by Gasteiger charge is -2.40. The maximum Gasteiger partial charge on any atom is 0.0623 e. The van der Waals surface area contributed by atoms with Crippen LogP contribution in [0.15, 0.2) is 0 Å². The highest BCUT2D eigenvalue weighted by atomic mass is 16.3. The minimum atomic E-state index is -0.106. The molecule has 1 unspecified atom stereocenters. The topological polar surface area (TPSA) is 35.5 Å². The summed E-state index contributed by atoms with van der Waals surface area (Å²) in [6, 6.07) is 1.42. The molecule has 0 heterocycles. The van der Waals surface area contributed by atoms with Crippen LogP contribution in [0.2, 0.25) is 0 Å². The monoisotopic (exact) mass is 212 g/mol. The van der Waals surface area contributed by atoms with E-state index in [1.54, 1.807) is 0 Å². The fourth-order valence-electron chi connectivity index (χ4n) is 2.37. The van der Waals surface area contributed by atoms with Crippen molar-refractivity contribution in [2.45, 2.75) is 56.7 Å². The van der Waals surface area contributed by atoms with Gasteiger partial charge in [0.1, 0.15) is 0 Å². The zero-order chi connectivity index (χ0) is 10.9. The number of hydrogen-bond acceptors (Lipinski definition) is 3. The molecule has 15 heavy (non-hydrogen) atoms. The predicted molar refractivity (Wildman–Crippen MR) is 61.9 cm³/mol. The smallest absolute Gasteiger partial charge is 0.0623 e. The van der Waals surface area contributed by atoms with Gasteiger partial charge in [0.05, 0.1) is 12.1 Å². The van der Waals surface area contributed by atoms with Crippen molar-refractivity contribution in [3.8, 4) is 0 Å². The summed E-state index contributed by atoms with van der Waals surface area (Å²) in [7, 11) is 2.19. The molecule has 0 aliphatic heterocycles. The van der Waals surface area contributed by atoms with Gasteiger partial charge >= 0.3 is 0 Å². The third-order valence-electron chi connectivity index (χ3n) is 3.78. The van der Waals surface area contributed by atoms with Crippen LogP contribution >= 0.6 is 0 Å². The molecule has 88 valence electrons. The molecular weight excluding hydrogens is 188 g/mol. The maximum atomic E-state index is 9.49. The summed E-state index contributed by atoms with van der Waals surface area (Å²) >= 11 is 0. The second-order valence-electron chi connectivity index (χ2n) is 5.64. The zero-order valence-electron chi connectivity index (χ0n) is 10.00. The fraction of sp³-hybridized carbons (Fsp3) is 1.00. The molecule has 0 aromatic rings. The summed E-state index contributed by atoms with van der Waals surface area (Å²) in [6.07, 6.45) is 6.61. The van der Waals surface area contributed by atoms with Crippen LogP contribution in [0.5, 0.6) is 0 Å². The average Bonchev–Trinajstić information content (AvgIpc) is 2.84. The Morgan fingerprint density at radius 2 is 2.00 bits per heavy atom. The quantitative estimate of drug-likeness (QED) is 0.689. The molecule has 2 aliphatic carbocycles. The van der Waals surface area contributed by atoms with Gasteiger partial charge in [0, 0.05) is 18.6 Å². The van der Waals surface area contributed by atoms with Gasteiger partial charge in [-0.05, 0) is 39.7 Å². The van der Waals surface area contributed by atoms with E-state index in [4.69, 9.17) is 0 Å². The Kier molecular flexibility index (Phi) is 3.33. The average molecular weight is 212 g/mol. The Morgan fingerprint density at radius 1 is 1.33 bits per heavy atom. The third-order valence-corrected chi connectivity index (χ3v) is 3.78. The van der Waals surface area contributed by atoms with Crippen LogP contribution in [-0.4, -0.2) is 47.8 Å². The summed E-state index contributed by atoms with van der Waals surface area (Å²) in [5.41, 5.74) is -0.106. The molecule has 0 amide bonds. The van der Waals surface area contributed by atoms with E-state index in [9.17, 15) is 5.11 Å². The maximum absolute atomic E-state index is 9.49. The Balaban J connectivity index is 1.81. The van der Waals surface area contributed by atoms with Crippen molar-refractivity contribution in [1.29, 1.82) is 0 Å². The molecule has 0 aromatic heterocycles. The van der Waals surface area contributed by atoms with Gasteiger partial charge in [-0.2, -0.15) is 0 Å². The highest BCUT2D eigenvalue weighted by Crippen LogP contribution is 2.26. The normalized spacial score (nSPS) is 26.4. The number of nitrogens with one attached hydrogen (secondary N) is 1. The summed E-state index contributed by atoms with van der Waals surface area (Å²) in [5, 5.41) is 13.1.